The summed E-state index contributed by atoms with van der Waals surface area (Å²) in [6.07, 6.45) is 4.00. The van der Waals surface area contributed by atoms with Crippen LogP contribution in [0, 0.1) is 0 Å². The van der Waals surface area contributed by atoms with Crippen molar-refractivity contribution in [2.24, 2.45) is 0 Å². The number of ether oxygens (including phenoxy) is 1. The molecule has 0 amide bonds. The molecule has 0 aromatic carbocycles. The van der Waals surface area contributed by atoms with Crippen LogP contribution >= 0.6 is 0 Å². The molecule has 0 spiro atoms. The zero-order valence-corrected chi connectivity index (χ0v) is 8.81. The van der Waals surface area contributed by atoms with Crippen LogP contribution in [0.4, 0.5) is 0 Å². The third-order valence-electron chi connectivity index (χ3n) is 2.20. The van der Waals surface area contributed by atoms with Gasteiger partial charge >= 0.3 is 0 Å². The fraction of sp³-hybridized carbons (Fsp3) is 0.818. The van der Waals surface area contributed by atoms with E-state index in [1.54, 1.807) is 0 Å². The van der Waals surface area contributed by atoms with Crippen molar-refractivity contribution < 1.29 is 4.74 Å². The summed E-state index contributed by atoms with van der Waals surface area (Å²) in [5.74, 6) is 0. The predicted octanol–water partition coefficient (Wildman–Crippen LogP) is 2.11. The number of hydrogen-bond donors (Lipinski definition) is 1. The molecule has 0 aromatic rings. The lowest BCUT2D eigenvalue weighted by molar-refractivity contribution is 0.0680. The van der Waals surface area contributed by atoms with Gasteiger partial charge in [-0.25, -0.2) is 0 Å². The van der Waals surface area contributed by atoms with Crippen molar-refractivity contribution in [2.75, 3.05) is 13.2 Å². The molecular formula is C11H21NO. The van der Waals surface area contributed by atoms with Gasteiger partial charge in [-0.1, -0.05) is 5.57 Å². The summed E-state index contributed by atoms with van der Waals surface area (Å²) in [7, 11) is 0. The van der Waals surface area contributed by atoms with Crippen molar-refractivity contribution in [2.45, 2.75) is 45.3 Å². The van der Waals surface area contributed by atoms with Crippen LogP contribution in [0.3, 0.4) is 0 Å². The SMILES string of the molecule is C=C(C)CCOC(C)CNC1CC1. The van der Waals surface area contributed by atoms with Gasteiger partial charge in [-0.05, 0) is 33.1 Å². The molecule has 1 aliphatic carbocycles. The van der Waals surface area contributed by atoms with E-state index in [0.717, 1.165) is 25.6 Å². The maximum absolute atomic E-state index is 5.61. The molecule has 2 heteroatoms. The van der Waals surface area contributed by atoms with E-state index >= 15 is 0 Å². The summed E-state index contributed by atoms with van der Waals surface area (Å²) in [6.45, 7) is 9.79. The fourth-order valence-electron chi connectivity index (χ4n) is 1.11. The summed E-state index contributed by atoms with van der Waals surface area (Å²) in [5, 5.41) is 3.45. The second kappa shape index (κ2) is 5.40. The Labute approximate surface area is 81.4 Å². The van der Waals surface area contributed by atoms with Crippen molar-refractivity contribution in [3.8, 4) is 0 Å². The van der Waals surface area contributed by atoms with Crippen molar-refractivity contribution in [3.63, 3.8) is 0 Å². The smallest absolute Gasteiger partial charge is 0.0671 e. The summed E-state index contributed by atoms with van der Waals surface area (Å²) in [6, 6.07) is 0.784. The van der Waals surface area contributed by atoms with E-state index in [1.807, 2.05) is 6.92 Å². The second-order valence-electron chi connectivity index (χ2n) is 4.07. The highest BCUT2D eigenvalue weighted by Crippen LogP contribution is 2.18. The number of nitrogens with one attached hydrogen (secondary N) is 1. The van der Waals surface area contributed by atoms with Crippen LogP contribution in [0.25, 0.3) is 0 Å². The Bertz CT molecular complexity index is 163. The highest BCUT2D eigenvalue weighted by Gasteiger charge is 2.20. The average molecular weight is 183 g/mol. The van der Waals surface area contributed by atoms with Gasteiger partial charge in [-0.15, -0.1) is 6.58 Å². The Morgan fingerprint density at radius 3 is 2.85 bits per heavy atom. The molecule has 1 fully saturated rings. The molecule has 1 N–H and O–H groups in total. The molecule has 2 nitrogen and oxygen atoms in total. The number of rotatable bonds is 7. The number of hydrogen-bond acceptors (Lipinski definition) is 2. The second-order valence-corrected chi connectivity index (χ2v) is 4.07. The zero-order chi connectivity index (χ0) is 9.68. The van der Waals surface area contributed by atoms with Crippen LogP contribution in [-0.4, -0.2) is 25.3 Å². The third-order valence-corrected chi connectivity index (χ3v) is 2.20. The molecule has 0 bridgehead atoms. The first-order chi connectivity index (χ1) is 6.18. The van der Waals surface area contributed by atoms with E-state index in [0.29, 0.717) is 6.10 Å². The van der Waals surface area contributed by atoms with Crippen molar-refractivity contribution >= 4 is 0 Å². The van der Waals surface area contributed by atoms with E-state index in [1.165, 1.54) is 18.4 Å². The van der Waals surface area contributed by atoms with E-state index in [9.17, 15) is 0 Å². The Balaban J connectivity index is 1.90. The molecule has 0 aliphatic heterocycles. The first kappa shape index (κ1) is 10.7. The summed E-state index contributed by atoms with van der Waals surface area (Å²) >= 11 is 0. The van der Waals surface area contributed by atoms with Crippen molar-refractivity contribution in [1.82, 2.24) is 5.32 Å². The molecular weight excluding hydrogens is 162 g/mol. The highest BCUT2D eigenvalue weighted by atomic mass is 16.5. The van der Waals surface area contributed by atoms with Gasteiger partial charge in [0.05, 0.1) is 12.7 Å². The van der Waals surface area contributed by atoms with E-state index < -0.39 is 0 Å². The molecule has 1 atom stereocenters. The lowest BCUT2D eigenvalue weighted by atomic mass is 10.2. The largest absolute Gasteiger partial charge is 0.377 e. The van der Waals surface area contributed by atoms with Crippen LogP contribution in [-0.2, 0) is 4.74 Å². The first-order valence-electron chi connectivity index (χ1n) is 5.18. The minimum absolute atomic E-state index is 0.333. The highest BCUT2D eigenvalue weighted by molar-refractivity contribution is 4.87. The molecule has 0 heterocycles. The molecule has 1 unspecified atom stereocenters. The minimum atomic E-state index is 0.333. The van der Waals surface area contributed by atoms with Gasteiger partial charge in [0, 0.05) is 12.6 Å². The molecule has 1 rings (SSSR count). The van der Waals surface area contributed by atoms with Gasteiger partial charge in [-0.2, -0.15) is 0 Å². The van der Waals surface area contributed by atoms with Gasteiger partial charge in [-0.3, -0.25) is 0 Å². The predicted molar refractivity (Wildman–Crippen MR) is 55.9 cm³/mol. The van der Waals surface area contributed by atoms with Crippen molar-refractivity contribution in [3.05, 3.63) is 12.2 Å². The van der Waals surface area contributed by atoms with Gasteiger partial charge in [0.15, 0.2) is 0 Å². The van der Waals surface area contributed by atoms with E-state index in [-0.39, 0.29) is 0 Å². The Kier molecular flexibility index (Phi) is 4.46. The minimum Gasteiger partial charge on any atom is -0.377 e. The normalized spacial score (nSPS) is 18.6. The molecule has 0 saturated heterocycles. The lowest BCUT2D eigenvalue weighted by Gasteiger charge is -2.13. The summed E-state index contributed by atoms with van der Waals surface area (Å²) < 4.78 is 5.61. The Morgan fingerprint density at radius 2 is 2.31 bits per heavy atom. The van der Waals surface area contributed by atoms with Crippen LogP contribution < -0.4 is 5.32 Å². The van der Waals surface area contributed by atoms with Crippen LogP contribution in [0.15, 0.2) is 12.2 Å². The van der Waals surface area contributed by atoms with Crippen molar-refractivity contribution in [1.29, 1.82) is 0 Å². The fourth-order valence-corrected chi connectivity index (χ4v) is 1.11. The maximum Gasteiger partial charge on any atom is 0.0671 e. The quantitative estimate of drug-likeness (QED) is 0.610. The van der Waals surface area contributed by atoms with Crippen LogP contribution in [0.1, 0.15) is 33.1 Å². The lowest BCUT2D eigenvalue weighted by Crippen LogP contribution is -2.28. The maximum atomic E-state index is 5.61. The molecule has 0 radical (unpaired) electrons. The van der Waals surface area contributed by atoms with Gasteiger partial charge in [0.1, 0.15) is 0 Å². The van der Waals surface area contributed by atoms with Crippen LogP contribution in [0.2, 0.25) is 0 Å². The summed E-state index contributed by atoms with van der Waals surface area (Å²) in [4.78, 5) is 0. The van der Waals surface area contributed by atoms with Gasteiger partial charge in [0.25, 0.3) is 0 Å². The molecule has 76 valence electrons. The first-order valence-corrected chi connectivity index (χ1v) is 5.18. The molecule has 13 heavy (non-hydrogen) atoms. The molecule has 1 saturated carbocycles. The van der Waals surface area contributed by atoms with Crippen LogP contribution in [0.5, 0.6) is 0 Å². The molecule has 1 aliphatic rings. The standard InChI is InChI=1S/C11H21NO/c1-9(2)6-7-13-10(3)8-12-11-4-5-11/h10-12H,1,4-8H2,2-3H3. The third kappa shape index (κ3) is 5.83. The summed E-state index contributed by atoms with van der Waals surface area (Å²) in [5.41, 5.74) is 1.20. The van der Waals surface area contributed by atoms with Gasteiger partial charge < -0.3 is 10.1 Å². The average Bonchev–Trinajstić information content (AvgIpc) is 2.83. The Hall–Kier alpha value is -0.340. The monoisotopic (exact) mass is 183 g/mol. The topological polar surface area (TPSA) is 21.3 Å². The Morgan fingerprint density at radius 1 is 1.62 bits per heavy atom. The van der Waals surface area contributed by atoms with E-state index in [4.69, 9.17) is 4.74 Å². The zero-order valence-electron chi connectivity index (χ0n) is 8.81. The molecule has 0 aromatic heterocycles. The van der Waals surface area contributed by atoms with Gasteiger partial charge in [0.2, 0.25) is 0 Å². The van der Waals surface area contributed by atoms with E-state index in [2.05, 4.69) is 18.8 Å².